The van der Waals surface area contributed by atoms with E-state index in [9.17, 15) is 14.4 Å². The molecule has 51 heavy (non-hydrogen) atoms. The molecule has 0 saturated carbocycles. The maximum atomic E-state index is 13.0. The van der Waals surface area contributed by atoms with Crippen molar-refractivity contribution in [3.05, 3.63) is 96.7 Å². The summed E-state index contributed by atoms with van der Waals surface area (Å²) in [6, 6.07) is 15.0. The lowest BCUT2D eigenvalue weighted by atomic mass is 9.93. The Morgan fingerprint density at radius 2 is 1.67 bits per heavy atom. The molecule has 12 nitrogen and oxygen atoms in total. The van der Waals surface area contributed by atoms with Crippen molar-refractivity contribution in [3.63, 3.8) is 0 Å². The molecule has 1 spiro atoms. The number of nitrogens with zero attached hydrogens (tertiary/aromatic N) is 4. The molecule has 2 aliphatic heterocycles. The van der Waals surface area contributed by atoms with Crippen LogP contribution in [0.3, 0.4) is 0 Å². The van der Waals surface area contributed by atoms with Gasteiger partial charge in [-0.05, 0) is 62.4 Å². The Morgan fingerprint density at radius 1 is 0.922 bits per heavy atom. The van der Waals surface area contributed by atoms with Crippen molar-refractivity contribution in [2.24, 2.45) is 14.1 Å². The van der Waals surface area contributed by atoms with Crippen LogP contribution in [0.25, 0.3) is 33.3 Å². The molecule has 8 rings (SSSR count). The van der Waals surface area contributed by atoms with Crippen LogP contribution in [0.4, 0.5) is 16.3 Å². The fourth-order valence-electron chi connectivity index (χ4n) is 7.20. The fourth-order valence-corrected chi connectivity index (χ4v) is 7.80. The van der Waals surface area contributed by atoms with Crippen LogP contribution in [0.2, 0.25) is 10.0 Å². The van der Waals surface area contributed by atoms with E-state index in [1.165, 1.54) is 17.2 Å². The van der Waals surface area contributed by atoms with Gasteiger partial charge in [-0.25, -0.2) is 19.6 Å². The number of hydrogen-bond acceptors (Lipinski definition) is 8. The van der Waals surface area contributed by atoms with E-state index in [-0.39, 0.29) is 17.0 Å². The Hall–Kier alpha value is -4.91. The molecule has 3 aliphatic rings. The van der Waals surface area contributed by atoms with Crippen molar-refractivity contribution in [2.45, 2.75) is 37.6 Å². The predicted molar refractivity (Wildman–Crippen MR) is 201 cm³/mol. The summed E-state index contributed by atoms with van der Waals surface area (Å²) in [6.07, 6.45) is 6.68. The van der Waals surface area contributed by atoms with Crippen LogP contribution >= 0.6 is 23.2 Å². The van der Waals surface area contributed by atoms with Gasteiger partial charge < -0.3 is 26.0 Å². The second-order valence-corrected chi connectivity index (χ2v) is 13.8. The molecular formula is C37H38Cl2N8O4. The molecule has 2 amide bonds. The number of amides is 2. The van der Waals surface area contributed by atoms with Gasteiger partial charge in [0.05, 0.1) is 39.6 Å². The predicted octanol–water partition coefficient (Wildman–Crippen LogP) is 5.33. The minimum Gasteiger partial charge on any atom is -0.481 e. The van der Waals surface area contributed by atoms with Crippen LogP contribution < -0.4 is 37.3 Å². The minimum absolute atomic E-state index is 0.0139. The van der Waals surface area contributed by atoms with Gasteiger partial charge in [0.2, 0.25) is 5.88 Å². The number of anilines is 2. The van der Waals surface area contributed by atoms with E-state index < -0.39 is 11.2 Å². The van der Waals surface area contributed by atoms with Gasteiger partial charge in [-0.1, -0.05) is 53.5 Å². The summed E-state index contributed by atoms with van der Waals surface area (Å²) in [4.78, 5) is 45.6. The average molecular weight is 730 g/mol. The fraction of sp³-hybridized carbons (Fsp3) is 0.324. The van der Waals surface area contributed by atoms with Crippen molar-refractivity contribution in [1.29, 1.82) is 0 Å². The maximum Gasteiger partial charge on any atom is 0.330 e. The van der Waals surface area contributed by atoms with Gasteiger partial charge in [0.1, 0.15) is 11.2 Å². The summed E-state index contributed by atoms with van der Waals surface area (Å²) in [5.74, 6) is 0.934. The third-order valence-electron chi connectivity index (χ3n) is 9.96. The van der Waals surface area contributed by atoms with Crippen LogP contribution in [-0.2, 0) is 26.9 Å². The average Bonchev–Trinajstić information content (AvgIpc) is 3.80. The molecular weight excluding hydrogens is 691 g/mol. The quantitative estimate of drug-likeness (QED) is 0.190. The smallest absolute Gasteiger partial charge is 0.330 e. The number of carbonyl (C=O) groups excluding carboxylic acids is 1. The summed E-state index contributed by atoms with van der Waals surface area (Å²) >= 11 is 14.0. The van der Waals surface area contributed by atoms with Gasteiger partial charge in [-0.3, -0.25) is 13.9 Å². The highest BCUT2D eigenvalue weighted by Crippen LogP contribution is 2.43. The van der Waals surface area contributed by atoms with E-state index in [1.807, 2.05) is 30.3 Å². The molecule has 3 aromatic heterocycles. The van der Waals surface area contributed by atoms with Crippen LogP contribution in [0.15, 0.2) is 64.3 Å². The SMILES string of the molecule is COc1nc(-c2cccc(-c3cccc(Nc4nccc5c4c(=O)n(C)c(=O)n5C)c3Cl)c2Cl)cc2c1CCC2.O=C1NCCC2(CCNC2)N1. The Balaban J connectivity index is 0.000000313. The standard InChI is InChI=1S/C30H25Cl2N5O3.C7H13N3O/c1-36-23-13-14-33-27(24(23)29(38)37(2)30(36)39)34-21-12-6-10-19(26(21)32)18-9-5-11-20(25(18)31)22-15-16-7-4-8-17(16)28(35-22)40-3;11-6-9-4-2-7(10-6)1-3-8-5-7/h5-6,9-15H,4,7-8H2,1-3H3,(H,33,34);8H,1-5H2,(H2,9,10,11). The summed E-state index contributed by atoms with van der Waals surface area (Å²) in [5, 5.41) is 13.4. The third-order valence-corrected chi connectivity index (χ3v) is 10.8. The number of aryl methyl sites for hydroxylation is 2. The number of rotatable bonds is 5. The molecule has 0 bridgehead atoms. The zero-order chi connectivity index (χ0) is 35.9. The molecule has 1 unspecified atom stereocenters. The largest absolute Gasteiger partial charge is 0.481 e. The molecule has 2 aromatic carbocycles. The maximum absolute atomic E-state index is 13.0. The first-order valence-corrected chi connectivity index (χ1v) is 17.6. The van der Waals surface area contributed by atoms with E-state index in [1.54, 1.807) is 32.5 Å². The van der Waals surface area contributed by atoms with Crippen LogP contribution in [0.5, 0.6) is 5.88 Å². The zero-order valence-electron chi connectivity index (χ0n) is 28.5. The van der Waals surface area contributed by atoms with E-state index in [0.29, 0.717) is 38.5 Å². The van der Waals surface area contributed by atoms with E-state index in [0.717, 1.165) is 78.7 Å². The van der Waals surface area contributed by atoms with Gasteiger partial charge >= 0.3 is 11.7 Å². The Kier molecular flexibility index (Phi) is 9.49. The topological polar surface area (TPSA) is 144 Å². The summed E-state index contributed by atoms with van der Waals surface area (Å²) in [5.41, 5.74) is 5.57. The van der Waals surface area contributed by atoms with Gasteiger partial charge in [-0.15, -0.1) is 0 Å². The first-order valence-electron chi connectivity index (χ1n) is 16.8. The van der Waals surface area contributed by atoms with Crippen molar-refractivity contribution >= 4 is 51.6 Å². The number of nitrogens with one attached hydrogen (secondary N) is 4. The molecule has 4 N–H and O–H groups in total. The number of ether oxygens (including phenoxy) is 1. The van der Waals surface area contributed by atoms with Crippen molar-refractivity contribution in [3.8, 4) is 28.3 Å². The number of aromatic nitrogens is 4. The number of hydrogen-bond donors (Lipinski definition) is 4. The highest BCUT2D eigenvalue weighted by atomic mass is 35.5. The van der Waals surface area contributed by atoms with E-state index in [4.69, 9.17) is 32.9 Å². The number of fused-ring (bicyclic) bond motifs is 2. The van der Waals surface area contributed by atoms with Crippen LogP contribution in [0, 0.1) is 0 Å². The molecule has 1 aliphatic carbocycles. The van der Waals surface area contributed by atoms with Crippen molar-refractivity contribution < 1.29 is 9.53 Å². The lowest BCUT2D eigenvalue weighted by molar-refractivity contribution is 0.211. The first-order chi connectivity index (χ1) is 24.6. The number of halogens is 2. The number of methoxy groups -OCH3 is 1. The number of pyridine rings is 2. The molecule has 5 heterocycles. The van der Waals surface area contributed by atoms with Crippen LogP contribution in [0.1, 0.15) is 30.4 Å². The monoisotopic (exact) mass is 728 g/mol. The minimum atomic E-state index is -0.450. The molecule has 2 saturated heterocycles. The van der Waals surface area contributed by atoms with Crippen molar-refractivity contribution in [1.82, 2.24) is 35.1 Å². The lowest BCUT2D eigenvalue weighted by Crippen LogP contribution is -2.59. The van der Waals surface area contributed by atoms with E-state index >= 15 is 0 Å². The molecule has 2 fully saturated rings. The van der Waals surface area contributed by atoms with Crippen molar-refractivity contribution in [2.75, 3.05) is 32.1 Å². The first kappa shape index (κ1) is 34.5. The lowest BCUT2D eigenvalue weighted by Gasteiger charge is -2.33. The highest BCUT2D eigenvalue weighted by Gasteiger charge is 2.37. The third kappa shape index (κ3) is 6.43. The number of urea groups is 1. The number of carbonyl (C=O) groups is 1. The second-order valence-electron chi connectivity index (χ2n) is 13.1. The van der Waals surface area contributed by atoms with Gasteiger partial charge in [0, 0.05) is 55.6 Å². The second kappa shape index (κ2) is 14.0. The molecule has 14 heteroatoms. The van der Waals surface area contributed by atoms with Gasteiger partial charge in [0.25, 0.3) is 5.56 Å². The summed E-state index contributed by atoms with van der Waals surface area (Å²) in [6.45, 7) is 2.77. The zero-order valence-corrected chi connectivity index (χ0v) is 30.0. The highest BCUT2D eigenvalue weighted by molar-refractivity contribution is 6.39. The van der Waals surface area contributed by atoms with Gasteiger partial charge in [0.15, 0.2) is 0 Å². The summed E-state index contributed by atoms with van der Waals surface area (Å²) < 4.78 is 8.06. The van der Waals surface area contributed by atoms with Gasteiger partial charge in [-0.2, -0.15) is 0 Å². The van der Waals surface area contributed by atoms with E-state index in [2.05, 4.69) is 32.3 Å². The molecule has 5 aromatic rings. The number of benzene rings is 2. The Bertz CT molecular complexity index is 2300. The summed E-state index contributed by atoms with van der Waals surface area (Å²) in [7, 11) is 4.69. The molecule has 264 valence electrons. The Morgan fingerprint density at radius 3 is 2.41 bits per heavy atom. The normalized spacial score (nSPS) is 17.8. The Labute approximate surface area is 304 Å². The molecule has 0 radical (unpaired) electrons. The van der Waals surface area contributed by atoms with Crippen LogP contribution in [-0.4, -0.2) is 57.4 Å². The molecule has 1 atom stereocenters.